The molecule has 0 aromatic carbocycles. The van der Waals surface area contributed by atoms with Crippen LogP contribution in [-0.2, 0) is 21.4 Å². The summed E-state index contributed by atoms with van der Waals surface area (Å²) >= 11 is 6.08. The molecule has 1 aliphatic rings. The van der Waals surface area contributed by atoms with Crippen molar-refractivity contribution in [3.63, 3.8) is 0 Å². The number of hydrogen-bond acceptors (Lipinski definition) is 4. The standard InChI is InChI=1S/C17H24ClN3O3/c1-11-6-4-5-7-14(11)19-15(22)10-24-16(23)9-8-13-12(2)20-21(3)17(13)18/h8-9,11,14H,4-7,10H2,1-3H3,(H,19,22)/b9-8+. The second-order valence-electron chi connectivity index (χ2n) is 6.29. The molecule has 132 valence electrons. The van der Waals surface area contributed by atoms with Crippen LogP contribution in [0.2, 0.25) is 5.15 Å². The van der Waals surface area contributed by atoms with E-state index in [1.54, 1.807) is 20.0 Å². The fraction of sp³-hybridized carbons (Fsp3) is 0.588. The highest BCUT2D eigenvalue weighted by molar-refractivity contribution is 6.31. The molecule has 1 heterocycles. The summed E-state index contributed by atoms with van der Waals surface area (Å²) in [6, 6.07) is 0.178. The van der Waals surface area contributed by atoms with Gasteiger partial charge in [0.25, 0.3) is 5.91 Å². The number of esters is 1. The van der Waals surface area contributed by atoms with Gasteiger partial charge < -0.3 is 10.1 Å². The Bertz CT molecular complexity index is 639. The minimum absolute atomic E-state index is 0.178. The van der Waals surface area contributed by atoms with Crippen LogP contribution in [0, 0.1) is 12.8 Å². The van der Waals surface area contributed by atoms with Crippen LogP contribution in [0.15, 0.2) is 6.08 Å². The number of aryl methyl sites for hydroxylation is 2. The van der Waals surface area contributed by atoms with Crippen molar-refractivity contribution in [2.24, 2.45) is 13.0 Å². The molecule has 2 unspecified atom stereocenters. The summed E-state index contributed by atoms with van der Waals surface area (Å²) in [5.41, 5.74) is 1.38. The number of hydrogen-bond donors (Lipinski definition) is 1. The van der Waals surface area contributed by atoms with Crippen molar-refractivity contribution < 1.29 is 14.3 Å². The quantitative estimate of drug-likeness (QED) is 0.652. The van der Waals surface area contributed by atoms with Crippen LogP contribution in [0.25, 0.3) is 6.08 Å². The fourth-order valence-corrected chi connectivity index (χ4v) is 3.19. The van der Waals surface area contributed by atoms with E-state index in [4.69, 9.17) is 16.3 Å². The van der Waals surface area contributed by atoms with E-state index in [1.807, 2.05) is 0 Å². The molecule has 0 bridgehead atoms. The third-order valence-electron chi connectivity index (χ3n) is 4.39. The Balaban J connectivity index is 1.80. The normalized spacial score (nSPS) is 21.0. The lowest BCUT2D eigenvalue weighted by molar-refractivity contribution is -0.144. The predicted octanol–water partition coefficient (Wildman–Crippen LogP) is 2.63. The summed E-state index contributed by atoms with van der Waals surface area (Å²) in [4.78, 5) is 23.6. The first kappa shape index (κ1) is 18.5. The van der Waals surface area contributed by atoms with Gasteiger partial charge in [0, 0.05) is 24.7 Å². The molecule has 1 aromatic rings. The highest BCUT2D eigenvalue weighted by atomic mass is 35.5. The van der Waals surface area contributed by atoms with Crippen molar-refractivity contribution in [2.45, 2.75) is 45.6 Å². The molecule has 7 heteroatoms. The van der Waals surface area contributed by atoms with Crippen molar-refractivity contribution in [1.29, 1.82) is 0 Å². The summed E-state index contributed by atoms with van der Waals surface area (Å²) in [5, 5.41) is 7.54. The van der Waals surface area contributed by atoms with Crippen LogP contribution in [0.4, 0.5) is 0 Å². The van der Waals surface area contributed by atoms with Crippen LogP contribution in [0.1, 0.15) is 43.9 Å². The van der Waals surface area contributed by atoms with Crippen molar-refractivity contribution in [2.75, 3.05) is 6.61 Å². The van der Waals surface area contributed by atoms with Gasteiger partial charge in [-0.15, -0.1) is 0 Å². The number of ether oxygens (including phenoxy) is 1. The van der Waals surface area contributed by atoms with Crippen molar-refractivity contribution >= 4 is 29.6 Å². The highest BCUT2D eigenvalue weighted by Gasteiger charge is 2.22. The van der Waals surface area contributed by atoms with E-state index in [9.17, 15) is 9.59 Å². The molecule has 1 fully saturated rings. The Labute approximate surface area is 147 Å². The van der Waals surface area contributed by atoms with Gasteiger partial charge in [-0.3, -0.25) is 9.48 Å². The average molecular weight is 354 g/mol. The number of amides is 1. The molecule has 1 aromatic heterocycles. The molecule has 6 nitrogen and oxygen atoms in total. The van der Waals surface area contributed by atoms with Gasteiger partial charge in [-0.25, -0.2) is 4.79 Å². The molecule has 0 saturated heterocycles. The second-order valence-corrected chi connectivity index (χ2v) is 6.65. The Morgan fingerprint density at radius 3 is 2.75 bits per heavy atom. The van der Waals surface area contributed by atoms with Crippen molar-refractivity contribution in [1.82, 2.24) is 15.1 Å². The zero-order valence-corrected chi connectivity index (χ0v) is 15.1. The fourth-order valence-electron chi connectivity index (χ4n) is 2.95. The van der Waals surface area contributed by atoms with Crippen LogP contribution >= 0.6 is 11.6 Å². The summed E-state index contributed by atoms with van der Waals surface area (Å²) in [6.45, 7) is 3.67. The smallest absolute Gasteiger partial charge is 0.331 e. The Morgan fingerprint density at radius 2 is 2.12 bits per heavy atom. The summed E-state index contributed by atoms with van der Waals surface area (Å²) in [5.74, 6) is -0.374. The van der Waals surface area contributed by atoms with E-state index in [1.165, 1.54) is 17.2 Å². The van der Waals surface area contributed by atoms with E-state index < -0.39 is 5.97 Å². The number of rotatable bonds is 5. The molecule has 1 saturated carbocycles. The lowest BCUT2D eigenvalue weighted by atomic mass is 9.86. The molecular formula is C17H24ClN3O3. The van der Waals surface area contributed by atoms with E-state index in [0.29, 0.717) is 16.6 Å². The first-order valence-electron chi connectivity index (χ1n) is 8.21. The SMILES string of the molecule is Cc1nn(C)c(Cl)c1/C=C/C(=O)OCC(=O)NC1CCCCC1C. The number of halogens is 1. The largest absolute Gasteiger partial charge is 0.452 e. The van der Waals surface area contributed by atoms with Crippen LogP contribution in [0.5, 0.6) is 0 Å². The van der Waals surface area contributed by atoms with Gasteiger partial charge in [-0.1, -0.05) is 31.4 Å². The van der Waals surface area contributed by atoms with Crippen LogP contribution < -0.4 is 5.32 Å². The average Bonchev–Trinajstić information content (AvgIpc) is 2.78. The van der Waals surface area contributed by atoms with Crippen molar-refractivity contribution in [3.8, 4) is 0 Å². The van der Waals surface area contributed by atoms with E-state index in [0.717, 1.165) is 25.0 Å². The van der Waals surface area contributed by atoms with Gasteiger partial charge in [0.05, 0.1) is 5.69 Å². The lowest BCUT2D eigenvalue weighted by Crippen LogP contribution is -2.42. The molecule has 1 N–H and O–H groups in total. The van der Waals surface area contributed by atoms with E-state index in [2.05, 4.69) is 17.3 Å². The zero-order valence-electron chi connectivity index (χ0n) is 14.3. The topological polar surface area (TPSA) is 73.2 Å². The molecule has 0 radical (unpaired) electrons. The molecule has 1 aliphatic carbocycles. The zero-order chi connectivity index (χ0) is 17.7. The predicted molar refractivity (Wildman–Crippen MR) is 92.5 cm³/mol. The van der Waals surface area contributed by atoms with Gasteiger partial charge in [0.1, 0.15) is 5.15 Å². The van der Waals surface area contributed by atoms with Gasteiger partial charge in [-0.2, -0.15) is 5.10 Å². The molecule has 2 atom stereocenters. The lowest BCUT2D eigenvalue weighted by Gasteiger charge is -2.29. The van der Waals surface area contributed by atoms with E-state index >= 15 is 0 Å². The van der Waals surface area contributed by atoms with Gasteiger partial charge in [-0.05, 0) is 31.8 Å². The molecule has 0 aliphatic heterocycles. The van der Waals surface area contributed by atoms with Crippen LogP contribution in [0.3, 0.4) is 0 Å². The Morgan fingerprint density at radius 1 is 1.42 bits per heavy atom. The maximum atomic E-state index is 11.9. The number of aromatic nitrogens is 2. The van der Waals surface area contributed by atoms with E-state index in [-0.39, 0.29) is 18.6 Å². The summed E-state index contributed by atoms with van der Waals surface area (Å²) in [6.07, 6.45) is 7.26. The number of nitrogens with one attached hydrogen (secondary N) is 1. The maximum Gasteiger partial charge on any atom is 0.331 e. The van der Waals surface area contributed by atoms with Gasteiger partial charge >= 0.3 is 5.97 Å². The first-order valence-corrected chi connectivity index (χ1v) is 8.59. The minimum atomic E-state index is -0.582. The first-order chi connectivity index (χ1) is 11.4. The number of nitrogens with zero attached hydrogens (tertiary/aromatic N) is 2. The number of carbonyl (C=O) groups excluding carboxylic acids is 2. The second kappa shape index (κ2) is 8.33. The minimum Gasteiger partial charge on any atom is -0.452 e. The molecule has 1 amide bonds. The molecule has 0 spiro atoms. The summed E-state index contributed by atoms with van der Waals surface area (Å²) in [7, 11) is 1.72. The third-order valence-corrected chi connectivity index (χ3v) is 4.83. The van der Waals surface area contributed by atoms with Crippen LogP contribution in [-0.4, -0.2) is 34.3 Å². The van der Waals surface area contributed by atoms with Gasteiger partial charge in [0.2, 0.25) is 0 Å². The third kappa shape index (κ3) is 4.84. The molecular weight excluding hydrogens is 330 g/mol. The Kier molecular flexibility index (Phi) is 6.43. The monoisotopic (exact) mass is 353 g/mol. The van der Waals surface area contributed by atoms with Crippen molar-refractivity contribution in [3.05, 3.63) is 22.5 Å². The Hall–Kier alpha value is -1.82. The highest BCUT2D eigenvalue weighted by Crippen LogP contribution is 2.23. The maximum absolute atomic E-state index is 11.9. The van der Waals surface area contributed by atoms with Gasteiger partial charge in [0.15, 0.2) is 6.61 Å². The summed E-state index contributed by atoms with van der Waals surface area (Å²) < 4.78 is 6.51. The number of carbonyl (C=O) groups is 2. The molecule has 24 heavy (non-hydrogen) atoms. The molecule has 2 rings (SSSR count).